The van der Waals surface area contributed by atoms with Gasteiger partial charge < -0.3 is 14.0 Å². The third-order valence-corrected chi connectivity index (χ3v) is 6.25. The maximum absolute atomic E-state index is 12.8. The minimum absolute atomic E-state index is 0.257. The smallest absolute Gasteiger partial charge is 0.224 e. The molecule has 1 amide bonds. The second-order valence-electron chi connectivity index (χ2n) is 8.05. The van der Waals surface area contributed by atoms with Gasteiger partial charge in [-0.25, -0.2) is 9.97 Å². The van der Waals surface area contributed by atoms with E-state index in [-0.39, 0.29) is 5.91 Å². The minimum Gasteiger partial charge on any atom is -0.342 e. The van der Waals surface area contributed by atoms with Crippen LogP contribution in [0.3, 0.4) is 0 Å². The molecule has 2 aromatic rings. The maximum Gasteiger partial charge on any atom is 0.224 e. The summed E-state index contributed by atoms with van der Waals surface area (Å²) in [6, 6.07) is 0. The number of amides is 1. The summed E-state index contributed by atoms with van der Waals surface area (Å²) in [5, 5.41) is 0. The zero-order valence-electron chi connectivity index (χ0n) is 16.4. The van der Waals surface area contributed by atoms with Crippen molar-refractivity contribution in [1.82, 2.24) is 24.0 Å². The van der Waals surface area contributed by atoms with E-state index in [0.717, 1.165) is 57.2 Å². The summed E-state index contributed by atoms with van der Waals surface area (Å²) in [4.78, 5) is 23.9. The largest absolute Gasteiger partial charge is 0.342 e. The highest BCUT2D eigenvalue weighted by atomic mass is 16.2. The molecule has 4 rings (SSSR count). The Morgan fingerprint density at radius 3 is 2.70 bits per heavy atom. The van der Waals surface area contributed by atoms with Crippen LogP contribution >= 0.6 is 0 Å². The van der Waals surface area contributed by atoms with Gasteiger partial charge in [0.05, 0.1) is 0 Å². The first-order valence-corrected chi connectivity index (χ1v) is 10.5. The van der Waals surface area contributed by atoms with Crippen LogP contribution in [0.5, 0.6) is 0 Å². The second-order valence-corrected chi connectivity index (χ2v) is 8.05. The van der Waals surface area contributed by atoms with Crippen LogP contribution in [-0.4, -0.2) is 43.0 Å². The molecule has 1 atom stereocenters. The van der Waals surface area contributed by atoms with Crippen LogP contribution in [0.15, 0.2) is 24.8 Å². The number of hydrogen-bond acceptors (Lipinski definition) is 3. The molecule has 0 bridgehead atoms. The molecule has 2 aliphatic rings. The monoisotopic (exact) mass is 369 g/mol. The van der Waals surface area contributed by atoms with Crippen molar-refractivity contribution in [1.29, 1.82) is 0 Å². The van der Waals surface area contributed by atoms with Crippen molar-refractivity contribution in [2.45, 2.75) is 70.9 Å². The summed E-state index contributed by atoms with van der Waals surface area (Å²) in [6.45, 7) is 5.61. The molecule has 0 unspecified atom stereocenters. The maximum atomic E-state index is 12.8. The van der Waals surface area contributed by atoms with E-state index >= 15 is 0 Å². The van der Waals surface area contributed by atoms with Gasteiger partial charge in [0.2, 0.25) is 5.91 Å². The fourth-order valence-electron chi connectivity index (χ4n) is 4.44. The van der Waals surface area contributed by atoms with Crippen molar-refractivity contribution < 1.29 is 4.79 Å². The van der Waals surface area contributed by atoms with E-state index in [1.54, 1.807) is 0 Å². The third kappa shape index (κ3) is 4.09. The first kappa shape index (κ1) is 18.3. The number of likely N-dealkylation sites (tertiary alicyclic amines) is 1. The molecule has 1 saturated carbocycles. The van der Waals surface area contributed by atoms with Gasteiger partial charge in [-0.15, -0.1) is 0 Å². The molecule has 27 heavy (non-hydrogen) atoms. The number of carbonyl (C=O) groups excluding carboxylic acids is 1. The van der Waals surface area contributed by atoms with Gasteiger partial charge in [-0.05, 0) is 31.6 Å². The second kappa shape index (κ2) is 8.28. The molecule has 6 nitrogen and oxygen atoms in total. The molecular weight excluding hydrogens is 338 g/mol. The molecule has 2 fully saturated rings. The quantitative estimate of drug-likeness (QED) is 0.753. The number of aromatic nitrogens is 4. The number of piperidine rings is 1. The standard InChI is InChI=1S/C21H31N5O/c1-2-19-22-9-13-24(19)12-8-20(27)25-11-4-7-18(16-25)21-23-10-14-26(21)15-17-5-3-6-17/h9-10,13-14,17-18H,2-8,11-12,15-16H2,1H3/t18-/m1/s1. The highest BCUT2D eigenvalue weighted by molar-refractivity contribution is 5.76. The molecule has 2 aromatic heterocycles. The molecule has 0 spiro atoms. The summed E-state index contributed by atoms with van der Waals surface area (Å²) < 4.78 is 4.45. The number of nitrogens with zero attached hydrogens (tertiary/aromatic N) is 5. The number of rotatable bonds is 7. The Balaban J connectivity index is 1.35. The van der Waals surface area contributed by atoms with E-state index in [1.807, 2.05) is 18.6 Å². The first-order chi connectivity index (χ1) is 13.2. The van der Waals surface area contributed by atoms with Crippen molar-refractivity contribution in [3.05, 3.63) is 36.4 Å². The van der Waals surface area contributed by atoms with Crippen LogP contribution in [0.1, 0.15) is 63.0 Å². The molecule has 1 aliphatic heterocycles. The van der Waals surface area contributed by atoms with Crippen molar-refractivity contribution in [3.8, 4) is 0 Å². The Bertz CT molecular complexity index is 760. The molecule has 3 heterocycles. The van der Waals surface area contributed by atoms with Crippen molar-refractivity contribution in [2.75, 3.05) is 13.1 Å². The van der Waals surface area contributed by atoms with E-state index in [2.05, 4.69) is 37.1 Å². The number of imidazole rings is 2. The SMILES string of the molecule is CCc1nccn1CCC(=O)N1CCC[C@@H](c2nccn2CC2CCC2)C1. The molecule has 1 saturated heterocycles. The van der Waals surface area contributed by atoms with E-state index in [4.69, 9.17) is 0 Å². The molecule has 0 aromatic carbocycles. The van der Waals surface area contributed by atoms with Crippen LogP contribution in [0.4, 0.5) is 0 Å². The van der Waals surface area contributed by atoms with Gasteiger partial charge in [0.1, 0.15) is 11.6 Å². The molecule has 1 aliphatic carbocycles. The topological polar surface area (TPSA) is 56.0 Å². The van der Waals surface area contributed by atoms with Crippen LogP contribution < -0.4 is 0 Å². The van der Waals surface area contributed by atoms with E-state index in [1.165, 1.54) is 25.1 Å². The molecule has 146 valence electrons. The van der Waals surface area contributed by atoms with Crippen molar-refractivity contribution in [3.63, 3.8) is 0 Å². The van der Waals surface area contributed by atoms with E-state index in [9.17, 15) is 4.79 Å². The van der Waals surface area contributed by atoms with Crippen LogP contribution in [0, 0.1) is 5.92 Å². The van der Waals surface area contributed by atoms with Crippen molar-refractivity contribution in [2.24, 2.45) is 5.92 Å². The van der Waals surface area contributed by atoms with Gasteiger partial charge in [-0.1, -0.05) is 13.3 Å². The lowest BCUT2D eigenvalue weighted by molar-refractivity contribution is -0.132. The Morgan fingerprint density at radius 2 is 1.93 bits per heavy atom. The summed E-state index contributed by atoms with van der Waals surface area (Å²) in [5.74, 6) is 3.69. The number of aryl methyl sites for hydroxylation is 2. The Kier molecular flexibility index (Phi) is 5.60. The summed E-state index contributed by atoms with van der Waals surface area (Å²) in [5.41, 5.74) is 0. The highest BCUT2D eigenvalue weighted by Crippen LogP contribution is 2.31. The van der Waals surface area contributed by atoms with Crippen LogP contribution in [-0.2, 0) is 24.3 Å². The molecule has 0 N–H and O–H groups in total. The fourth-order valence-corrected chi connectivity index (χ4v) is 4.44. The molecule has 0 radical (unpaired) electrons. The summed E-state index contributed by atoms with van der Waals surface area (Å²) >= 11 is 0. The predicted octanol–water partition coefficient (Wildman–Crippen LogP) is 3.24. The lowest BCUT2D eigenvalue weighted by atomic mass is 9.85. The Hall–Kier alpha value is -2.11. The average molecular weight is 370 g/mol. The Labute approximate surface area is 161 Å². The zero-order valence-corrected chi connectivity index (χ0v) is 16.4. The van der Waals surface area contributed by atoms with Gasteiger partial charge in [0.25, 0.3) is 0 Å². The normalized spacial score (nSPS) is 20.6. The fraction of sp³-hybridized carbons (Fsp3) is 0.667. The summed E-state index contributed by atoms with van der Waals surface area (Å²) in [6.07, 6.45) is 15.6. The van der Waals surface area contributed by atoms with Gasteiger partial charge in [-0.3, -0.25) is 4.79 Å². The van der Waals surface area contributed by atoms with Gasteiger partial charge in [0.15, 0.2) is 0 Å². The van der Waals surface area contributed by atoms with E-state index in [0.29, 0.717) is 12.3 Å². The van der Waals surface area contributed by atoms with E-state index < -0.39 is 0 Å². The Morgan fingerprint density at radius 1 is 1.11 bits per heavy atom. The lowest BCUT2D eigenvalue weighted by Crippen LogP contribution is -2.40. The lowest BCUT2D eigenvalue weighted by Gasteiger charge is -2.34. The predicted molar refractivity (Wildman–Crippen MR) is 104 cm³/mol. The van der Waals surface area contributed by atoms with Gasteiger partial charge in [-0.2, -0.15) is 0 Å². The number of hydrogen-bond donors (Lipinski definition) is 0. The third-order valence-electron chi connectivity index (χ3n) is 6.25. The minimum atomic E-state index is 0.257. The average Bonchev–Trinajstić information content (AvgIpc) is 3.31. The summed E-state index contributed by atoms with van der Waals surface area (Å²) in [7, 11) is 0. The van der Waals surface area contributed by atoms with Gasteiger partial charge in [0, 0.05) is 69.7 Å². The first-order valence-electron chi connectivity index (χ1n) is 10.5. The van der Waals surface area contributed by atoms with Gasteiger partial charge >= 0.3 is 0 Å². The van der Waals surface area contributed by atoms with Crippen molar-refractivity contribution >= 4 is 5.91 Å². The highest BCUT2D eigenvalue weighted by Gasteiger charge is 2.28. The van der Waals surface area contributed by atoms with Crippen LogP contribution in [0.25, 0.3) is 0 Å². The zero-order chi connectivity index (χ0) is 18.6. The molecule has 6 heteroatoms. The van der Waals surface area contributed by atoms with Crippen LogP contribution in [0.2, 0.25) is 0 Å². The molecular formula is C21H31N5O. The number of carbonyl (C=O) groups is 1.